The molecule has 18 heavy (non-hydrogen) atoms. The summed E-state index contributed by atoms with van der Waals surface area (Å²) in [7, 11) is 0. The summed E-state index contributed by atoms with van der Waals surface area (Å²) in [6.45, 7) is 8.86. The summed E-state index contributed by atoms with van der Waals surface area (Å²) in [5.74, 6) is 1.69. The summed E-state index contributed by atoms with van der Waals surface area (Å²) in [5, 5.41) is 3.43. The van der Waals surface area contributed by atoms with E-state index >= 15 is 0 Å². The van der Waals surface area contributed by atoms with Crippen LogP contribution in [0.3, 0.4) is 0 Å². The molecule has 1 fully saturated rings. The maximum Gasteiger partial charge on any atom is 0.132 e. The van der Waals surface area contributed by atoms with E-state index in [9.17, 15) is 0 Å². The predicted octanol–water partition coefficient (Wildman–Crippen LogP) is 2.59. The minimum absolute atomic E-state index is 0.416. The van der Waals surface area contributed by atoms with Crippen molar-refractivity contribution in [3.63, 3.8) is 0 Å². The first-order chi connectivity index (χ1) is 8.62. The van der Waals surface area contributed by atoms with Crippen molar-refractivity contribution in [2.24, 2.45) is 5.41 Å². The Morgan fingerprint density at radius 3 is 2.78 bits per heavy atom. The SMILES string of the molecule is CCCc1nc(C2CC2(C)C)nc2c1CCNC2. The molecule has 1 N–H and O–H groups in total. The third kappa shape index (κ3) is 2.05. The van der Waals surface area contributed by atoms with E-state index in [0.29, 0.717) is 11.3 Å². The van der Waals surface area contributed by atoms with E-state index in [1.807, 2.05) is 0 Å². The lowest BCUT2D eigenvalue weighted by molar-refractivity contribution is 0.580. The molecule has 2 heterocycles. The Bertz CT molecular complexity index is 465. The van der Waals surface area contributed by atoms with Gasteiger partial charge in [-0.2, -0.15) is 0 Å². The van der Waals surface area contributed by atoms with Crippen LogP contribution in [0.4, 0.5) is 0 Å². The fourth-order valence-corrected chi connectivity index (χ4v) is 2.97. The van der Waals surface area contributed by atoms with E-state index in [1.165, 1.54) is 29.8 Å². The number of aryl methyl sites for hydroxylation is 1. The van der Waals surface area contributed by atoms with Gasteiger partial charge >= 0.3 is 0 Å². The molecule has 0 aromatic carbocycles. The second-order valence-electron chi connectivity index (χ2n) is 6.38. The number of rotatable bonds is 3. The second kappa shape index (κ2) is 4.30. The highest BCUT2D eigenvalue weighted by Gasteiger charge is 2.48. The first-order valence-electron chi connectivity index (χ1n) is 7.21. The normalized spacial score (nSPS) is 24.7. The van der Waals surface area contributed by atoms with Gasteiger partial charge in [0.05, 0.1) is 5.69 Å². The van der Waals surface area contributed by atoms with Gasteiger partial charge in [-0.15, -0.1) is 0 Å². The molecular formula is C15H23N3. The third-order valence-corrected chi connectivity index (χ3v) is 4.35. The molecule has 3 heteroatoms. The summed E-state index contributed by atoms with van der Waals surface area (Å²) >= 11 is 0. The average molecular weight is 245 g/mol. The number of nitrogens with zero attached hydrogens (tertiary/aromatic N) is 2. The quantitative estimate of drug-likeness (QED) is 0.889. The van der Waals surface area contributed by atoms with E-state index in [0.717, 1.165) is 31.8 Å². The molecular weight excluding hydrogens is 222 g/mol. The summed E-state index contributed by atoms with van der Waals surface area (Å²) in [6.07, 6.45) is 4.61. The molecule has 0 saturated heterocycles. The van der Waals surface area contributed by atoms with Crippen LogP contribution in [0.2, 0.25) is 0 Å². The minimum Gasteiger partial charge on any atom is -0.311 e. The Morgan fingerprint density at radius 1 is 1.33 bits per heavy atom. The molecule has 0 spiro atoms. The molecule has 0 radical (unpaired) electrons. The zero-order valence-corrected chi connectivity index (χ0v) is 11.7. The van der Waals surface area contributed by atoms with Crippen LogP contribution in [-0.2, 0) is 19.4 Å². The Hall–Kier alpha value is -0.960. The zero-order chi connectivity index (χ0) is 12.8. The van der Waals surface area contributed by atoms with Gasteiger partial charge in [0, 0.05) is 18.2 Å². The van der Waals surface area contributed by atoms with Crippen LogP contribution in [-0.4, -0.2) is 16.5 Å². The van der Waals surface area contributed by atoms with Crippen LogP contribution in [0.25, 0.3) is 0 Å². The number of nitrogens with one attached hydrogen (secondary N) is 1. The van der Waals surface area contributed by atoms with E-state index in [1.54, 1.807) is 0 Å². The zero-order valence-electron chi connectivity index (χ0n) is 11.7. The molecule has 1 aliphatic carbocycles. The maximum atomic E-state index is 4.89. The fourth-order valence-electron chi connectivity index (χ4n) is 2.97. The molecule has 1 saturated carbocycles. The van der Waals surface area contributed by atoms with Crippen molar-refractivity contribution in [2.45, 2.75) is 58.9 Å². The van der Waals surface area contributed by atoms with E-state index < -0.39 is 0 Å². The van der Waals surface area contributed by atoms with Crippen molar-refractivity contribution in [1.82, 2.24) is 15.3 Å². The van der Waals surface area contributed by atoms with Crippen molar-refractivity contribution in [3.8, 4) is 0 Å². The Morgan fingerprint density at radius 2 is 2.11 bits per heavy atom. The smallest absolute Gasteiger partial charge is 0.132 e. The van der Waals surface area contributed by atoms with Gasteiger partial charge < -0.3 is 5.32 Å². The van der Waals surface area contributed by atoms with Gasteiger partial charge in [-0.25, -0.2) is 9.97 Å². The van der Waals surface area contributed by atoms with Crippen LogP contribution >= 0.6 is 0 Å². The number of hydrogen-bond donors (Lipinski definition) is 1. The van der Waals surface area contributed by atoms with Gasteiger partial charge in [0.25, 0.3) is 0 Å². The first kappa shape index (κ1) is 12.1. The van der Waals surface area contributed by atoms with Crippen molar-refractivity contribution >= 4 is 0 Å². The Balaban J connectivity index is 1.99. The minimum atomic E-state index is 0.416. The van der Waals surface area contributed by atoms with Crippen molar-refractivity contribution in [1.29, 1.82) is 0 Å². The monoisotopic (exact) mass is 245 g/mol. The summed E-state index contributed by atoms with van der Waals surface area (Å²) in [4.78, 5) is 9.73. The topological polar surface area (TPSA) is 37.8 Å². The molecule has 3 rings (SSSR count). The molecule has 1 aromatic rings. The van der Waals surface area contributed by atoms with Gasteiger partial charge in [0.2, 0.25) is 0 Å². The first-order valence-corrected chi connectivity index (χ1v) is 7.21. The number of hydrogen-bond acceptors (Lipinski definition) is 3. The van der Waals surface area contributed by atoms with Crippen molar-refractivity contribution < 1.29 is 0 Å². The van der Waals surface area contributed by atoms with Crippen LogP contribution in [0, 0.1) is 5.41 Å². The Kier molecular flexibility index (Phi) is 2.89. The van der Waals surface area contributed by atoms with Gasteiger partial charge in [0.1, 0.15) is 5.82 Å². The summed E-state index contributed by atoms with van der Waals surface area (Å²) < 4.78 is 0. The highest BCUT2D eigenvalue weighted by molar-refractivity contribution is 5.31. The molecule has 1 unspecified atom stereocenters. The molecule has 98 valence electrons. The highest BCUT2D eigenvalue weighted by Crippen LogP contribution is 2.57. The molecule has 1 aliphatic heterocycles. The highest BCUT2D eigenvalue weighted by atomic mass is 15.0. The fraction of sp³-hybridized carbons (Fsp3) is 0.733. The third-order valence-electron chi connectivity index (χ3n) is 4.35. The van der Waals surface area contributed by atoms with Crippen molar-refractivity contribution in [3.05, 3.63) is 22.8 Å². The van der Waals surface area contributed by atoms with Gasteiger partial charge in [0.15, 0.2) is 0 Å². The molecule has 2 aliphatic rings. The Labute approximate surface area is 109 Å². The van der Waals surface area contributed by atoms with Crippen LogP contribution in [0.15, 0.2) is 0 Å². The molecule has 1 aromatic heterocycles. The molecule has 3 nitrogen and oxygen atoms in total. The van der Waals surface area contributed by atoms with E-state index in [2.05, 4.69) is 26.1 Å². The van der Waals surface area contributed by atoms with Crippen molar-refractivity contribution in [2.75, 3.05) is 6.54 Å². The van der Waals surface area contributed by atoms with Crippen LogP contribution in [0.5, 0.6) is 0 Å². The molecule has 0 amide bonds. The van der Waals surface area contributed by atoms with Crippen LogP contribution < -0.4 is 5.32 Å². The number of fused-ring (bicyclic) bond motifs is 1. The predicted molar refractivity (Wildman–Crippen MR) is 72.6 cm³/mol. The molecule has 0 bridgehead atoms. The lowest BCUT2D eigenvalue weighted by Gasteiger charge is -2.20. The second-order valence-corrected chi connectivity index (χ2v) is 6.38. The number of aromatic nitrogens is 2. The van der Waals surface area contributed by atoms with E-state index in [4.69, 9.17) is 9.97 Å². The van der Waals surface area contributed by atoms with E-state index in [-0.39, 0.29) is 0 Å². The summed E-state index contributed by atoms with van der Waals surface area (Å²) in [6, 6.07) is 0. The maximum absolute atomic E-state index is 4.89. The van der Waals surface area contributed by atoms with Crippen LogP contribution in [0.1, 0.15) is 62.3 Å². The standard InChI is InChI=1S/C15H23N3/c1-4-5-12-10-6-7-16-9-13(10)18-14(17-12)11-8-15(11,2)3/h11,16H,4-9H2,1-3H3. The summed E-state index contributed by atoms with van der Waals surface area (Å²) in [5.41, 5.74) is 4.43. The average Bonchev–Trinajstić information content (AvgIpc) is 2.99. The lowest BCUT2D eigenvalue weighted by Crippen LogP contribution is -2.27. The lowest BCUT2D eigenvalue weighted by atomic mass is 10.0. The van der Waals surface area contributed by atoms with Gasteiger partial charge in [-0.3, -0.25) is 0 Å². The molecule has 1 atom stereocenters. The van der Waals surface area contributed by atoms with Gasteiger partial charge in [-0.1, -0.05) is 27.2 Å². The van der Waals surface area contributed by atoms with Gasteiger partial charge in [-0.05, 0) is 36.8 Å². The largest absolute Gasteiger partial charge is 0.311 e.